The van der Waals surface area contributed by atoms with Crippen LogP contribution in [0, 0.1) is 0 Å². The van der Waals surface area contributed by atoms with Crippen molar-refractivity contribution in [3.05, 3.63) is 44.8 Å². The fraction of sp³-hybridized carbons (Fsp3) is 0.0909. The lowest BCUT2D eigenvalue weighted by Crippen LogP contribution is -1.80. The molecule has 0 spiro atoms. The van der Waals surface area contributed by atoms with Crippen molar-refractivity contribution in [1.29, 1.82) is 0 Å². The summed E-state index contributed by atoms with van der Waals surface area (Å²) in [5.74, 6) is 0.559. The van der Waals surface area contributed by atoms with Crippen LogP contribution in [0.15, 0.2) is 39.3 Å². The maximum Gasteiger partial charge on any atom is 0.0474 e. The number of benzene rings is 2. The summed E-state index contributed by atoms with van der Waals surface area (Å²) in [5, 5.41) is 2.42. The minimum Gasteiger partial charge on any atom is -0.122 e. The zero-order chi connectivity index (χ0) is 10.1. The fourth-order valence-corrected chi connectivity index (χ4v) is 2.26. The molecule has 2 rings (SSSR count). The molecule has 0 aliphatic carbocycles. The lowest BCUT2D eigenvalue weighted by molar-refractivity contribution is 1.42. The highest BCUT2D eigenvalue weighted by molar-refractivity contribution is 9.13. The van der Waals surface area contributed by atoms with E-state index >= 15 is 0 Å². The first-order valence-electron chi connectivity index (χ1n) is 4.14. The molecule has 0 bridgehead atoms. The van der Waals surface area contributed by atoms with E-state index < -0.39 is 0 Å². The van der Waals surface area contributed by atoms with Gasteiger partial charge in [0.1, 0.15) is 0 Å². The Morgan fingerprint density at radius 3 is 2.21 bits per heavy atom. The molecule has 0 fully saturated rings. The van der Waals surface area contributed by atoms with Crippen molar-refractivity contribution < 1.29 is 0 Å². The Balaban J connectivity index is 2.70. The van der Waals surface area contributed by atoms with Gasteiger partial charge in [-0.05, 0) is 66.4 Å². The molecule has 0 unspecified atom stereocenters. The molecular formula is C11H7Br2Cl. The van der Waals surface area contributed by atoms with Crippen LogP contribution < -0.4 is 0 Å². The van der Waals surface area contributed by atoms with Gasteiger partial charge in [-0.2, -0.15) is 0 Å². The third kappa shape index (κ3) is 1.97. The zero-order valence-electron chi connectivity index (χ0n) is 7.23. The van der Waals surface area contributed by atoms with Crippen LogP contribution in [-0.2, 0) is 5.88 Å². The summed E-state index contributed by atoms with van der Waals surface area (Å²) in [4.78, 5) is 0. The fourth-order valence-electron chi connectivity index (χ4n) is 1.37. The van der Waals surface area contributed by atoms with E-state index in [-0.39, 0.29) is 0 Å². The Hall–Kier alpha value is -0.0500. The molecule has 0 aliphatic rings. The predicted octanol–water partition coefficient (Wildman–Crippen LogP) is 5.10. The van der Waals surface area contributed by atoms with Crippen molar-refractivity contribution in [1.82, 2.24) is 0 Å². The van der Waals surface area contributed by atoms with Crippen LogP contribution in [0.4, 0.5) is 0 Å². The van der Waals surface area contributed by atoms with Crippen molar-refractivity contribution in [2.75, 3.05) is 0 Å². The van der Waals surface area contributed by atoms with Crippen LogP contribution in [0.25, 0.3) is 10.8 Å². The highest BCUT2D eigenvalue weighted by Gasteiger charge is 2.00. The second kappa shape index (κ2) is 4.21. The molecule has 0 heterocycles. The standard InChI is InChI=1S/C11H7Br2Cl/c12-10-4-8-2-1-7(6-14)3-9(8)5-11(10)13/h1-5H,6H2. The zero-order valence-corrected chi connectivity index (χ0v) is 11.2. The molecule has 72 valence electrons. The van der Waals surface area contributed by atoms with E-state index in [1.165, 1.54) is 10.8 Å². The predicted molar refractivity (Wildman–Crippen MR) is 68.9 cm³/mol. The molecular weight excluding hydrogens is 327 g/mol. The van der Waals surface area contributed by atoms with E-state index in [9.17, 15) is 0 Å². The Morgan fingerprint density at radius 2 is 1.57 bits per heavy atom. The second-order valence-corrected chi connectivity index (χ2v) is 5.06. The van der Waals surface area contributed by atoms with Gasteiger partial charge in [-0.3, -0.25) is 0 Å². The van der Waals surface area contributed by atoms with E-state index in [1.54, 1.807) is 0 Å². The molecule has 0 aliphatic heterocycles. The Kier molecular flexibility index (Phi) is 3.15. The van der Waals surface area contributed by atoms with Crippen LogP contribution >= 0.6 is 43.5 Å². The SMILES string of the molecule is ClCc1ccc2cc(Br)c(Br)cc2c1. The first-order valence-corrected chi connectivity index (χ1v) is 6.26. The van der Waals surface area contributed by atoms with Crippen molar-refractivity contribution >= 4 is 54.2 Å². The molecule has 0 radical (unpaired) electrons. The molecule has 3 heteroatoms. The summed E-state index contributed by atoms with van der Waals surface area (Å²) in [6, 6.07) is 10.4. The lowest BCUT2D eigenvalue weighted by Gasteiger charge is -2.03. The lowest BCUT2D eigenvalue weighted by atomic mass is 10.1. The van der Waals surface area contributed by atoms with Crippen LogP contribution in [0.5, 0.6) is 0 Å². The van der Waals surface area contributed by atoms with Crippen molar-refractivity contribution in [3.8, 4) is 0 Å². The van der Waals surface area contributed by atoms with Crippen LogP contribution in [0.2, 0.25) is 0 Å². The molecule has 0 nitrogen and oxygen atoms in total. The van der Waals surface area contributed by atoms with Crippen LogP contribution in [0.3, 0.4) is 0 Å². The van der Waals surface area contributed by atoms with Gasteiger partial charge in [-0.15, -0.1) is 11.6 Å². The van der Waals surface area contributed by atoms with E-state index in [2.05, 4.69) is 62.2 Å². The van der Waals surface area contributed by atoms with Crippen molar-refractivity contribution in [3.63, 3.8) is 0 Å². The van der Waals surface area contributed by atoms with Gasteiger partial charge in [0, 0.05) is 14.8 Å². The number of hydrogen-bond donors (Lipinski definition) is 0. The molecule has 0 saturated carbocycles. The number of halogens is 3. The van der Waals surface area contributed by atoms with Gasteiger partial charge < -0.3 is 0 Å². The normalized spacial score (nSPS) is 10.8. The molecule has 0 amide bonds. The number of rotatable bonds is 1. The number of alkyl halides is 1. The Labute approximate surface area is 105 Å². The summed E-state index contributed by atoms with van der Waals surface area (Å²) in [7, 11) is 0. The highest BCUT2D eigenvalue weighted by Crippen LogP contribution is 2.29. The van der Waals surface area contributed by atoms with E-state index in [1.807, 2.05) is 0 Å². The minimum absolute atomic E-state index is 0.559. The second-order valence-electron chi connectivity index (χ2n) is 3.08. The summed E-state index contributed by atoms with van der Waals surface area (Å²) >= 11 is 12.7. The molecule has 2 aromatic carbocycles. The quantitative estimate of drug-likeness (QED) is 0.636. The van der Waals surface area contributed by atoms with E-state index in [4.69, 9.17) is 11.6 Å². The van der Waals surface area contributed by atoms with Gasteiger partial charge in [0.25, 0.3) is 0 Å². The topological polar surface area (TPSA) is 0 Å². The van der Waals surface area contributed by atoms with Gasteiger partial charge in [0.15, 0.2) is 0 Å². The molecule has 0 aromatic heterocycles. The number of fused-ring (bicyclic) bond motifs is 1. The average molecular weight is 334 g/mol. The summed E-state index contributed by atoms with van der Waals surface area (Å²) < 4.78 is 2.14. The van der Waals surface area contributed by atoms with Gasteiger partial charge in [-0.25, -0.2) is 0 Å². The van der Waals surface area contributed by atoms with Gasteiger partial charge >= 0.3 is 0 Å². The van der Waals surface area contributed by atoms with Crippen molar-refractivity contribution in [2.24, 2.45) is 0 Å². The monoisotopic (exact) mass is 332 g/mol. The largest absolute Gasteiger partial charge is 0.122 e. The molecule has 2 aromatic rings. The van der Waals surface area contributed by atoms with E-state index in [0.29, 0.717) is 5.88 Å². The highest BCUT2D eigenvalue weighted by atomic mass is 79.9. The Bertz CT molecular complexity index is 480. The average Bonchev–Trinajstić information content (AvgIpc) is 2.19. The molecule has 0 N–H and O–H groups in total. The third-order valence-electron chi connectivity index (χ3n) is 2.10. The first-order chi connectivity index (χ1) is 6.70. The van der Waals surface area contributed by atoms with E-state index in [0.717, 1.165) is 14.5 Å². The van der Waals surface area contributed by atoms with Gasteiger partial charge in [-0.1, -0.05) is 12.1 Å². The molecule has 14 heavy (non-hydrogen) atoms. The van der Waals surface area contributed by atoms with Crippen molar-refractivity contribution in [2.45, 2.75) is 5.88 Å². The Morgan fingerprint density at radius 1 is 0.929 bits per heavy atom. The van der Waals surface area contributed by atoms with Crippen LogP contribution in [-0.4, -0.2) is 0 Å². The number of hydrogen-bond acceptors (Lipinski definition) is 0. The third-order valence-corrected chi connectivity index (χ3v) is 4.25. The summed E-state index contributed by atoms with van der Waals surface area (Å²) in [6.45, 7) is 0. The smallest absolute Gasteiger partial charge is 0.0474 e. The van der Waals surface area contributed by atoms with Crippen LogP contribution in [0.1, 0.15) is 5.56 Å². The van der Waals surface area contributed by atoms with Gasteiger partial charge in [0.2, 0.25) is 0 Å². The molecule has 0 atom stereocenters. The van der Waals surface area contributed by atoms with Gasteiger partial charge in [0.05, 0.1) is 0 Å². The first kappa shape index (κ1) is 10.5. The maximum atomic E-state index is 5.78. The summed E-state index contributed by atoms with van der Waals surface area (Å²) in [6.07, 6.45) is 0. The summed E-state index contributed by atoms with van der Waals surface area (Å²) in [5.41, 5.74) is 1.15. The minimum atomic E-state index is 0.559. The molecule has 0 saturated heterocycles. The maximum absolute atomic E-state index is 5.78.